The molecule has 1 aliphatic carbocycles. The number of aryl methyl sites for hydroxylation is 1. The van der Waals surface area contributed by atoms with Crippen molar-refractivity contribution >= 4 is 16.7 Å². The number of aromatic nitrogens is 1. The Hall–Kier alpha value is -1.64. The maximum atomic E-state index is 13.1. The number of hydrogen-bond donors (Lipinski definition) is 1. The second-order valence-corrected chi connectivity index (χ2v) is 4.45. The summed E-state index contributed by atoms with van der Waals surface area (Å²) in [5.74, 6) is 0.103. The average Bonchev–Trinajstić information content (AvgIpc) is 3.18. The van der Waals surface area contributed by atoms with Crippen LogP contribution in [0.2, 0.25) is 0 Å². The van der Waals surface area contributed by atoms with Crippen molar-refractivity contribution in [2.75, 3.05) is 0 Å². The molecule has 1 N–H and O–H groups in total. The summed E-state index contributed by atoms with van der Waals surface area (Å²) in [5, 5.41) is 0.809. The standard InChI is InChI=1S/C13H12FNO.C2H6/c1-7-10-6-9(14)4-5-11(10)15-12(7)13(16)8-2-3-8;1-2/h4-6,8,15H,2-3H2,1H3;1-2H3. The SMILES string of the molecule is CC.Cc1c(C(=O)C2CC2)[nH]c2ccc(F)cc12. The number of H-pyrrole nitrogens is 1. The Labute approximate surface area is 106 Å². The van der Waals surface area contributed by atoms with Gasteiger partial charge in [-0.1, -0.05) is 13.8 Å². The molecule has 1 heterocycles. The first-order chi connectivity index (χ1) is 8.66. The Balaban J connectivity index is 0.000000574. The molecule has 0 unspecified atom stereocenters. The monoisotopic (exact) mass is 247 g/mol. The van der Waals surface area contributed by atoms with Gasteiger partial charge in [-0.25, -0.2) is 4.39 Å². The summed E-state index contributed by atoms with van der Waals surface area (Å²) in [6.45, 7) is 5.87. The first kappa shape index (κ1) is 12.8. The molecule has 0 amide bonds. The van der Waals surface area contributed by atoms with Crippen molar-refractivity contribution in [1.29, 1.82) is 0 Å². The number of Topliss-reactive ketones (excluding diaryl/α,β-unsaturated/α-hetero) is 1. The zero-order valence-electron chi connectivity index (χ0n) is 11.0. The molecule has 1 fully saturated rings. The number of aromatic amines is 1. The normalized spacial score (nSPS) is 14.2. The molecule has 0 spiro atoms. The number of carbonyl (C=O) groups is 1. The minimum atomic E-state index is -0.264. The van der Waals surface area contributed by atoms with Crippen LogP contribution in [0.3, 0.4) is 0 Å². The average molecular weight is 247 g/mol. The quantitative estimate of drug-likeness (QED) is 0.791. The summed E-state index contributed by atoms with van der Waals surface area (Å²) in [5.41, 5.74) is 2.36. The Kier molecular flexibility index (Phi) is 3.50. The molecule has 1 aromatic heterocycles. The van der Waals surface area contributed by atoms with E-state index in [4.69, 9.17) is 0 Å². The van der Waals surface area contributed by atoms with Crippen LogP contribution in [-0.4, -0.2) is 10.8 Å². The molecule has 1 saturated carbocycles. The smallest absolute Gasteiger partial charge is 0.182 e. The highest BCUT2D eigenvalue weighted by Gasteiger charge is 2.32. The van der Waals surface area contributed by atoms with Crippen LogP contribution in [0, 0.1) is 18.7 Å². The number of ketones is 1. The fourth-order valence-corrected chi connectivity index (χ4v) is 2.09. The third-order valence-corrected chi connectivity index (χ3v) is 3.21. The number of halogens is 1. The Morgan fingerprint density at radius 3 is 2.61 bits per heavy atom. The number of fused-ring (bicyclic) bond motifs is 1. The fourth-order valence-electron chi connectivity index (χ4n) is 2.09. The Morgan fingerprint density at radius 2 is 2.00 bits per heavy atom. The second-order valence-electron chi connectivity index (χ2n) is 4.45. The number of nitrogens with one attached hydrogen (secondary N) is 1. The van der Waals surface area contributed by atoms with Gasteiger partial charge in [0.1, 0.15) is 5.82 Å². The van der Waals surface area contributed by atoms with Gasteiger partial charge >= 0.3 is 0 Å². The Bertz CT molecular complexity index is 581. The van der Waals surface area contributed by atoms with Gasteiger partial charge in [-0.2, -0.15) is 0 Å². The molecule has 0 radical (unpaired) electrons. The summed E-state index contributed by atoms with van der Waals surface area (Å²) < 4.78 is 13.1. The number of rotatable bonds is 2. The second kappa shape index (κ2) is 4.92. The predicted octanol–water partition coefficient (Wildman–Crippen LogP) is 4.23. The molecular weight excluding hydrogens is 229 g/mol. The van der Waals surface area contributed by atoms with Crippen LogP contribution in [0.15, 0.2) is 18.2 Å². The van der Waals surface area contributed by atoms with E-state index >= 15 is 0 Å². The molecule has 2 nitrogen and oxygen atoms in total. The highest BCUT2D eigenvalue weighted by molar-refractivity contribution is 6.04. The van der Waals surface area contributed by atoms with Crippen LogP contribution >= 0.6 is 0 Å². The summed E-state index contributed by atoms with van der Waals surface area (Å²) in [7, 11) is 0. The van der Waals surface area contributed by atoms with E-state index in [1.54, 1.807) is 6.07 Å². The summed E-state index contributed by atoms with van der Waals surface area (Å²) in [6.07, 6.45) is 1.98. The predicted molar refractivity (Wildman–Crippen MR) is 71.4 cm³/mol. The minimum absolute atomic E-state index is 0.175. The molecule has 96 valence electrons. The maximum absolute atomic E-state index is 13.1. The van der Waals surface area contributed by atoms with E-state index < -0.39 is 0 Å². The number of hydrogen-bond acceptors (Lipinski definition) is 1. The highest BCUT2D eigenvalue weighted by atomic mass is 19.1. The third kappa shape index (κ3) is 2.17. The van der Waals surface area contributed by atoms with Gasteiger partial charge in [0.25, 0.3) is 0 Å². The molecule has 3 rings (SSSR count). The van der Waals surface area contributed by atoms with Crippen LogP contribution in [0.1, 0.15) is 42.7 Å². The third-order valence-electron chi connectivity index (χ3n) is 3.21. The molecule has 0 bridgehead atoms. The summed E-state index contributed by atoms with van der Waals surface area (Å²) in [4.78, 5) is 15.1. The minimum Gasteiger partial charge on any atom is -0.352 e. The van der Waals surface area contributed by atoms with Gasteiger partial charge in [0, 0.05) is 16.8 Å². The lowest BCUT2D eigenvalue weighted by Crippen LogP contribution is -2.03. The lowest BCUT2D eigenvalue weighted by Gasteiger charge is -1.96. The van der Waals surface area contributed by atoms with Crippen LogP contribution in [-0.2, 0) is 0 Å². The van der Waals surface area contributed by atoms with Crippen LogP contribution in [0.4, 0.5) is 4.39 Å². The Morgan fingerprint density at radius 1 is 1.33 bits per heavy atom. The van der Waals surface area contributed by atoms with Crippen molar-refractivity contribution in [3.8, 4) is 0 Å². The molecule has 0 aliphatic heterocycles. The van der Waals surface area contributed by atoms with Crippen LogP contribution in [0.25, 0.3) is 10.9 Å². The first-order valence-corrected chi connectivity index (χ1v) is 6.49. The van der Waals surface area contributed by atoms with E-state index in [-0.39, 0.29) is 17.5 Å². The van der Waals surface area contributed by atoms with Gasteiger partial charge in [-0.15, -0.1) is 0 Å². The maximum Gasteiger partial charge on any atom is 0.182 e. The van der Waals surface area contributed by atoms with Crippen molar-refractivity contribution in [2.45, 2.75) is 33.6 Å². The van der Waals surface area contributed by atoms with Crippen LogP contribution < -0.4 is 0 Å². The highest BCUT2D eigenvalue weighted by Crippen LogP contribution is 2.34. The van der Waals surface area contributed by atoms with Gasteiger partial charge < -0.3 is 4.98 Å². The lowest BCUT2D eigenvalue weighted by atomic mass is 10.1. The molecule has 2 aromatic rings. The molecule has 1 aliphatic rings. The molecule has 0 atom stereocenters. The van der Waals surface area contributed by atoms with Gasteiger partial charge in [0.05, 0.1) is 5.69 Å². The molecule has 0 saturated heterocycles. The van der Waals surface area contributed by atoms with Gasteiger partial charge in [0.15, 0.2) is 5.78 Å². The molecule has 3 heteroatoms. The zero-order chi connectivity index (χ0) is 13.3. The van der Waals surface area contributed by atoms with E-state index in [1.165, 1.54) is 12.1 Å². The topological polar surface area (TPSA) is 32.9 Å². The van der Waals surface area contributed by atoms with Crippen molar-refractivity contribution in [2.24, 2.45) is 5.92 Å². The van der Waals surface area contributed by atoms with Crippen molar-refractivity contribution < 1.29 is 9.18 Å². The largest absolute Gasteiger partial charge is 0.352 e. The van der Waals surface area contributed by atoms with E-state index in [0.717, 1.165) is 29.3 Å². The number of carbonyl (C=O) groups excluding carboxylic acids is 1. The molecule has 18 heavy (non-hydrogen) atoms. The van der Waals surface area contributed by atoms with Crippen molar-refractivity contribution in [1.82, 2.24) is 4.98 Å². The van der Waals surface area contributed by atoms with Crippen LogP contribution in [0.5, 0.6) is 0 Å². The van der Waals surface area contributed by atoms with E-state index in [0.29, 0.717) is 5.69 Å². The van der Waals surface area contributed by atoms with Crippen molar-refractivity contribution in [3.05, 3.63) is 35.3 Å². The lowest BCUT2D eigenvalue weighted by molar-refractivity contribution is 0.0963. The first-order valence-electron chi connectivity index (χ1n) is 6.49. The summed E-state index contributed by atoms with van der Waals surface area (Å²) >= 11 is 0. The van der Waals surface area contributed by atoms with E-state index in [1.807, 2.05) is 20.8 Å². The van der Waals surface area contributed by atoms with Gasteiger partial charge in [-0.3, -0.25) is 4.79 Å². The van der Waals surface area contributed by atoms with Crippen molar-refractivity contribution in [3.63, 3.8) is 0 Å². The number of benzene rings is 1. The van der Waals surface area contributed by atoms with Gasteiger partial charge in [-0.05, 0) is 43.5 Å². The summed E-state index contributed by atoms with van der Waals surface area (Å²) in [6, 6.07) is 4.57. The van der Waals surface area contributed by atoms with Gasteiger partial charge in [0.2, 0.25) is 0 Å². The molecule has 1 aromatic carbocycles. The fraction of sp³-hybridized carbons (Fsp3) is 0.400. The zero-order valence-corrected chi connectivity index (χ0v) is 11.0. The van der Waals surface area contributed by atoms with E-state index in [2.05, 4.69) is 4.98 Å². The molecular formula is C15H18FNO. The van der Waals surface area contributed by atoms with E-state index in [9.17, 15) is 9.18 Å².